The summed E-state index contributed by atoms with van der Waals surface area (Å²) in [5.41, 5.74) is 8.28. The largest absolute Gasteiger partial charge is 0.481 e. The Morgan fingerprint density at radius 3 is 2.56 bits per heavy atom. The van der Waals surface area contributed by atoms with Gasteiger partial charge in [0.1, 0.15) is 6.07 Å². The van der Waals surface area contributed by atoms with Crippen molar-refractivity contribution < 1.29 is 9.90 Å². The maximum absolute atomic E-state index is 11.4. The van der Waals surface area contributed by atoms with E-state index in [0.717, 1.165) is 48.2 Å². The standard InChI is InChI=1S/C30H30N2O2/c1-21-17-27(20-32-15-7-11-26(19-32)30(33)34)22(2)16-25(21)14-13-24-10-6-12-28(29(24)18-31)23-8-4-3-5-9-23/h3-6,8-10,12-14,16-17,26H,7,11,15,19-20H2,1-2H3,(H,33,34). The monoisotopic (exact) mass is 450 g/mol. The van der Waals surface area contributed by atoms with Crippen molar-refractivity contribution in [2.45, 2.75) is 33.2 Å². The molecule has 0 amide bonds. The lowest BCUT2D eigenvalue weighted by Gasteiger charge is -2.31. The number of nitriles is 1. The minimum absolute atomic E-state index is 0.265. The van der Waals surface area contributed by atoms with Gasteiger partial charge < -0.3 is 5.11 Å². The van der Waals surface area contributed by atoms with Crippen LogP contribution >= 0.6 is 0 Å². The maximum Gasteiger partial charge on any atom is 0.307 e. The Morgan fingerprint density at radius 1 is 1.06 bits per heavy atom. The van der Waals surface area contributed by atoms with Gasteiger partial charge in [-0.05, 0) is 66.6 Å². The van der Waals surface area contributed by atoms with E-state index in [0.29, 0.717) is 12.1 Å². The van der Waals surface area contributed by atoms with E-state index in [1.54, 1.807) is 0 Å². The van der Waals surface area contributed by atoms with E-state index < -0.39 is 5.97 Å². The van der Waals surface area contributed by atoms with Crippen molar-refractivity contribution in [2.75, 3.05) is 13.1 Å². The first-order valence-corrected chi connectivity index (χ1v) is 11.8. The van der Waals surface area contributed by atoms with E-state index in [9.17, 15) is 15.2 Å². The molecule has 34 heavy (non-hydrogen) atoms. The smallest absolute Gasteiger partial charge is 0.307 e. The summed E-state index contributed by atoms with van der Waals surface area (Å²) in [5.74, 6) is -0.954. The van der Waals surface area contributed by atoms with Crippen molar-refractivity contribution >= 4 is 18.1 Å². The molecule has 1 saturated heterocycles. The van der Waals surface area contributed by atoms with E-state index in [1.807, 2.05) is 54.6 Å². The topological polar surface area (TPSA) is 64.3 Å². The van der Waals surface area contributed by atoms with Crippen LogP contribution in [0.15, 0.2) is 60.7 Å². The summed E-state index contributed by atoms with van der Waals surface area (Å²) < 4.78 is 0. The maximum atomic E-state index is 11.4. The number of carboxylic acid groups (broad SMARTS) is 1. The predicted octanol–water partition coefficient (Wildman–Crippen LogP) is 6.31. The van der Waals surface area contributed by atoms with Gasteiger partial charge in [0, 0.05) is 18.7 Å². The molecule has 3 aromatic rings. The fraction of sp³-hybridized carbons (Fsp3) is 0.267. The summed E-state index contributed by atoms with van der Waals surface area (Å²) in [6, 6.07) is 22.8. The summed E-state index contributed by atoms with van der Waals surface area (Å²) in [6.45, 7) is 6.55. The van der Waals surface area contributed by atoms with Crippen LogP contribution in [0.4, 0.5) is 0 Å². The highest BCUT2D eigenvalue weighted by molar-refractivity contribution is 5.80. The Morgan fingerprint density at radius 2 is 1.82 bits per heavy atom. The molecule has 172 valence electrons. The fourth-order valence-electron chi connectivity index (χ4n) is 4.76. The second-order valence-corrected chi connectivity index (χ2v) is 9.13. The predicted molar refractivity (Wildman–Crippen MR) is 137 cm³/mol. The first kappa shape index (κ1) is 23.5. The summed E-state index contributed by atoms with van der Waals surface area (Å²) in [6.07, 6.45) is 5.80. The van der Waals surface area contributed by atoms with Gasteiger partial charge >= 0.3 is 5.97 Å². The number of aryl methyl sites for hydroxylation is 2. The van der Waals surface area contributed by atoms with Gasteiger partial charge in [0.15, 0.2) is 0 Å². The van der Waals surface area contributed by atoms with Crippen molar-refractivity contribution in [1.82, 2.24) is 4.90 Å². The Bertz CT molecular complexity index is 1250. The van der Waals surface area contributed by atoms with Gasteiger partial charge in [0.05, 0.1) is 11.5 Å². The first-order chi connectivity index (χ1) is 16.5. The van der Waals surface area contributed by atoms with Crippen molar-refractivity contribution in [3.63, 3.8) is 0 Å². The molecule has 0 saturated carbocycles. The number of nitrogens with zero attached hydrogens (tertiary/aromatic N) is 2. The summed E-state index contributed by atoms with van der Waals surface area (Å²) in [4.78, 5) is 13.7. The molecule has 4 heteroatoms. The Labute approximate surface area is 201 Å². The van der Waals surface area contributed by atoms with Gasteiger partial charge in [-0.25, -0.2) is 0 Å². The number of hydrogen-bond acceptors (Lipinski definition) is 3. The molecule has 0 spiro atoms. The van der Waals surface area contributed by atoms with Crippen LogP contribution < -0.4 is 0 Å². The molecule has 1 heterocycles. The van der Waals surface area contributed by atoms with Crippen molar-refractivity contribution in [2.24, 2.45) is 5.92 Å². The highest BCUT2D eigenvalue weighted by Gasteiger charge is 2.25. The molecular weight excluding hydrogens is 420 g/mol. The lowest BCUT2D eigenvalue weighted by atomic mass is 9.94. The number of carboxylic acids is 1. The second kappa shape index (κ2) is 10.5. The molecule has 1 atom stereocenters. The second-order valence-electron chi connectivity index (χ2n) is 9.13. The molecule has 0 radical (unpaired) electrons. The third-order valence-corrected chi connectivity index (χ3v) is 6.71. The van der Waals surface area contributed by atoms with E-state index >= 15 is 0 Å². The van der Waals surface area contributed by atoms with Crippen molar-refractivity contribution in [1.29, 1.82) is 5.26 Å². The van der Waals surface area contributed by atoms with Gasteiger partial charge in [-0.15, -0.1) is 0 Å². The third-order valence-electron chi connectivity index (χ3n) is 6.71. The number of benzene rings is 3. The number of hydrogen-bond donors (Lipinski definition) is 1. The quantitative estimate of drug-likeness (QED) is 0.447. The van der Waals surface area contributed by atoms with E-state index in [2.05, 4.69) is 43.0 Å². The van der Waals surface area contributed by atoms with Gasteiger partial charge in [0.25, 0.3) is 0 Å². The highest BCUT2D eigenvalue weighted by Crippen LogP contribution is 2.28. The fourth-order valence-corrected chi connectivity index (χ4v) is 4.76. The molecule has 1 N–H and O–H groups in total. The van der Waals surface area contributed by atoms with Crippen LogP contribution in [-0.4, -0.2) is 29.1 Å². The molecular formula is C30H30N2O2. The van der Waals surface area contributed by atoms with Crippen LogP contribution in [-0.2, 0) is 11.3 Å². The number of aliphatic carboxylic acids is 1. The van der Waals surface area contributed by atoms with Crippen molar-refractivity contribution in [3.8, 4) is 17.2 Å². The molecule has 0 bridgehead atoms. The highest BCUT2D eigenvalue weighted by atomic mass is 16.4. The number of likely N-dealkylation sites (tertiary alicyclic amines) is 1. The summed E-state index contributed by atoms with van der Waals surface area (Å²) in [7, 11) is 0. The first-order valence-electron chi connectivity index (χ1n) is 11.8. The number of piperidine rings is 1. The normalized spacial score (nSPS) is 16.4. The van der Waals surface area contributed by atoms with Crippen LogP contribution in [0.2, 0.25) is 0 Å². The summed E-state index contributed by atoms with van der Waals surface area (Å²) >= 11 is 0. The van der Waals surface area contributed by atoms with Crippen LogP contribution in [0.25, 0.3) is 23.3 Å². The Kier molecular flexibility index (Phi) is 7.25. The zero-order chi connectivity index (χ0) is 24.1. The molecule has 1 fully saturated rings. The van der Waals surface area contributed by atoms with Gasteiger partial charge in [-0.3, -0.25) is 9.69 Å². The third kappa shape index (κ3) is 5.27. The van der Waals surface area contributed by atoms with Crippen LogP contribution in [0.1, 0.15) is 46.2 Å². The van der Waals surface area contributed by atoms with Gasteiger partial charge in [0.2, 0.25) is 0 Å². The number of carbonyl (C=O) groups is 1. The lowest BCUT2D eigenvalue weighted by Crippen LogP contribution is -2.38. The zero-order valence-electron chi connectivity index (χ0n) is 19.8. The molecule has 1 aliphatic heterocycles. The molecule has 0 aromatic heterocycles. The average Bonchev–Trinajstić information content (AvgIpc) is 2.85. The molecule has 1 unspecified atom stereocenters. The minimum atomic E-state index is -0.689. The summed E-state index contributed by atoms with van der Waals surface area (Å²) in [5, 5.41) is 19.3. The molecule has 4 rings (SSSR count). The Hall–Kier alpha value is -3.68. The minimum Gasteiger partial charge on any atom is -0.481 e. The van der Waals surface area contributed by atoms with Gasteiger partial charge in [-0.2, -0.15) is 5.26 Å². The van der Waals surface area contributed by atoms with Crippen LogP contribution in [0.5, 0.6) is 0 Å². The average molecular weight is 451 g/mol. The van der Waals surface area contributed by atoms with E-state index in [4.69, 9.17) is 0 Å². The van der Waals surface area contributed by atoms with E-state index in [1.165, 1.54) is 16.7 Å². The van der Waals surface area contributed by atoms with Crippen LogP contribution in [0, 0.1) is 31.1 Å². The molecule has 0 aliphatic carbocycles. The Balaban J connectivity index is 1.56. The number of rotatable bonds is 6. The molecule has 3 aromatic carbocycles. The lowest BCUT2D eigenvalue weighted by molar-refractivity contribution is -0.143. The van der Waals surface area contributed by atoms with E-state index in [-0.39, 0.29) is 5.92 Å². The SMILES string of the molecule is Cc1cc(CN2CCCC(C(=O)O)C2)c(C)cc1C=Cc1cccc(-c2ccccc2)c1C#N. The zero-order valence-corrected chi connectivity index (χ0v) is 19.8. The van der Waals surface area contributed by atoms with Gasteiger partial charge in [-0.1, -0.05) is 72.8 Å². The van der Waals surface area contributed by atoms with Crippen molar-refractivity contribution in [3.05, 3.63) is 94.0 Å². The molecule has 1 aliphatic rings. The molecule has 4 nitrogen and oxygen atoms in total. The van der Waals surface area contributed by atoms with Crippen LogP contribution in [0.3, 0.4) is 0 Å².